The molecule has 0 aliphatic carbocycles. The number of nitrogens with one attached hydrogen (secondary N) is 1. The van der Waals surface area contributed by atoms with Gasteiger partial charge in [0.1, 0.15) is 17.5 Å². The summed E-state index contributed by atoms with van der Waals surface area (Å²) < 4.78 is 26.5. The molecule has 0 saturated carbocycles. The highest BCUT2D eigenvalue weighted by Crippen LogP contribution is 2.19. The van der Waals surface area contributed by atoms with E-state index in [0.717, 1.165) is 6.07 Å². The van der Waals surface area contributed by atoms with Crippen LogP contribution in [-0.4, -0.2) is 9.97 Å². The minimum Gasteiger partial charge on any atom is -0.310 e. The van der Waals surface area contributed by atoms with Gasteiger partial charge < -0.3 is 4.98 Å². The zero-order valence-electron chi connectivity index (χ0n) is 11.6. The Hall–Kier alpha value is -2.04. The minimum absolute atomic E-state index is 0.116. The Kier molecular flexibility index (Phi) is 3.70. The molecule has 1 aromatic carbocycles. The maximum Gasteiger partial charge on any atom is 0.251 e. The molecule has 5 heteroatoms. The second-order valence-electron chi connectivity index (χ2n) is 5.74. The van der Waals surface area contributed by atoms with Gasteiger partial charge in [0, 0.05) is 24.0 Å². The van der Waals surface area contributed by atoms with Crippen molar-refractivity contribution in [3.05, 3.63) is 63.3 Å². The van der Waals surface area contributed by atoms with Gasteiger partial charge in [-0.3, -0.25) is 4.79 Å². The zero-order valence-corrected chi connectivity index (χ0v) is 11.6. The van der Waals surface area contributed by atoms with E-state index < -0.39 is 11.6 Å². The molecule has 2 rings (SSSR count). The normalized spacial score (nSPS) is 11.7. The summed E-state index contributed by atoms with van der Waals surface area (Å²) >= 11 is 0. The molecule has 0 spiro atoms. The van der Waals surface area contributed by atoms with Crippen LogP contribution in [-0.2, 0) is 11.8 Å². The van der Waals surface area contributed by atoms with Crippen LogP contribution in [0.2, 0.25) is 0 Å². The van der Waals surface area contributed by atoms with Crippen molar-refractivity contribution >= 4 is 0 Å². The smallest absolute Gasteiger partial charge is 0.251 e. The van der Waals surface area contributed by atoms with Gasteiger partial charge in [-0.15, -0.1) is 0 Å². The average Bonchev–Trinajstić information content (AvgIpc) is 2.31. The van der Waals surface area contributed by atoms with Crippen LogP contribution >= 0.6 is 0 Å². The van der Waals surface area contributed by atoms with Crippen LogP contribution in [0.1, 0.15) is 37.9 Å². The second-order valence-corrected chi connectivity index (χ2v) is 5.74. The van der Waals surface area contributed by atoms with E-state index in [1.165, 1.54) is 18.2 Å². The van der Waals surface area contributed by atoms with Crippen LogP contribution in [0.3, 0.4) is 0 Å². The molecule has 3 nitrogen and oxygen atoms in total. The Labute approximate surface area is 115 Å². The van der Waals surface area contributed by atoms with E-state index in [-0.39, 0.29) is 17.4 Å². The molecule has 1 N–H and O–H groups in total. The van der Waals surface area contributed by atoms with Crippen molar-refractivity contribution in [2.75, 3.05) is 0 Å². The standard InChI is InChI=1S/C15H16F2N2O/c1-15(2,3)12-8-14(20)19-13(18-12)6-9-4-5-10(16)7-11(9)17/h4-5,7-8H,6H2,1-3H3,(H,18,19,20). The van der Waals surface area contributed by atoms with Gasteiger partial charge in [0.15, 0.2) is 0 Å². The maximum absolute atomic E-state index is 13.6. The Balaban J connectivity index is 2.39. The summed E-state index contributed by atoms with van der Waals surface area (Å²) in [5.74, 6) is -0.905. The van der Waals surface area contributed by atoms with Crippen molar-refractivity contribution in [2.45, 2.75) is 32.6 Å². The molecule has 0 amide bonds. The Morgan fingerprint density at radius 2 is 1.90 bits per heavy atom. The quantitative estimate of drug-likeness (QED) is 0.918. The zero-order chi connectivity index (χ0) is 14.9. The predicted octanol–water partition coefficient (Wildman–Crippen LogP) is 2.94. The first kappa shape index (κ1) is 14.4. The van der Waals surface area contributed by atoms with Crippen molar-refractivity contribution in [3.63, 3.8) is 0 Å². The van der Waals surface area contributed by atoms with Gasteiger partial charge in [-0.1, -0.05) is 26.8 Å². The lowest BCUT2D eigenvalue weighted by molar-refractivity contribution is 0.558. The number of halogens is 2. The first-order valence-electron chi connectivity index (χ1n) is 6.30. The fourth-order valence-corrected chi connectivity index (χ4v) is 1.82. The molecule has 0 unspecified atom stereocenters. The third-order valence-electron chi connectivity index (χ3n) is 2.93. The number of aromatic amines is 1. The van der Waals surface area contributed by atoms with E-state index >= 15 is 0 Å². The topological polar surface area (TPSA) is 45.8 Å². The molecule has 1 aromatic heterocycles. The summed E-state index contributed by atoms with van der Waals surface area (Å²) in [5, 5.41) is 0. The first-order valence-corrected chi connectivity index (χ1v) is 6.30. The van der Waals surface area contributed by atoms with Gasteiger partial charge in [0.05, 0.1) is 5.69 Å². The summed E-state index contributed by atoms with van der Waals surface area (Å²) in [4.78, 5) is 18.6. The van der Waals surface area contributed by atoms with E-state index in [4.69, 9.17) is 0 Å². The van der Waals surface area contributed by atoms with Crippen LogP contribution in [0.4, 0.5) is 8.78 Å². The third kappa shape index (κ3) is 3.29. The fourth-order valence-electron chi connectivity index (χ4n) is 1.82. The lowest BCUT2D eigenvalue weighted by Crippen LogP contribution is -2.21. The van der Waals surface area contributed by atoms with Crippen LogP contribution in [0.15, 0.2) is 29.1 Å². The molecular weight excluding hydrogens is 262 g/mol. The number of nitrogens with zero attached hydrogens (tertiary/aromatic N) is 1. The fraction of sp³-hybridized carbons (Fsp3) is 0.333. The monoisotopic (exact) mass is 278 g/mol. The lowest BCUT2D eigenvalue weighted by Gasteiger charge is -2.17. The van der Waals surface area contributed by atoms with Gasteiger partial charge in [-0.2, -0.15) is 0 Å². The van der Waals surface area contributed by atoms with Crippen LogP contribution in [0.5, 0.6) is 0 Å². The number of H-pyrrole nitrogens is 1. The molecule has 0 aliphatic heterocycles. The predicted molar refractivity (Wildman–Crippen MR) is 72.7 cm³/mol. The molecule has 0 atom stereocenters. The number of rotatable bonds is 2. The SMILES string of the molecule is CC(C)(C)c1cc(=O)[nH]c(Cc2ccc(F)cc2F)n1. The van der Waals surface area contributed by atoms with Crippen LogP contribution < -0.4 is 5.56 Å². The molecule has 2 aromatic rings. The average molecular weight is 278 g/mol. The summed E-state index contributed by atoms with van der Waals surface area (Å²) in [5.41, 5.74) is 0.381. The van der Waals surface area contributed by atoms with E-state index in [2.05, 4.69) is 9.97 Å². The van der Waals surface area contributed by atoms with Gasteiger partial charge in [0.25, 0.3) is 5.56 Å². The summed E-state index contributed by atoms with van der Waals surface area (Å²) in [7, 11) is 0. The molecule has 20 heavy (non-hydrogen) atoms. The first-order chi connectivity index (χ1) is 9.25. The van der Waals surface area contributed by atoms with Crippen LogP contribution in [0, 0.1) is 11.6 Å². The largest absolute Gasteiger partial charge is 0.310 e. The van der Waals surface area contributed by atoms with E-state index in [1.807, 2.05) is 20.8 Å². The number of benzene rings is 1. The van der Waals surface area contributed by atoms with Crippen molar-refractivity contribution < 1.29 is 8.78 Å². The minimum atomic E-state index is -0.645. The molecule has 106 valence electrons. The Bertz CT molecular complexity index is 687. The molecule has 0 fully saturated rings. The van der Waals surface area contributed by atoms with Gasteiger partial charge in [0.2, 0.25) is 0 Å². The van der Waals surface area contributed by atoms with E-state index in [0.29, 0.717) is 17.1 Å². The molecule has 0 aliphatic rings. The summed E-state index contributed by atoms with van der Waals surface area (Å²) in [6.07, 6.45) is 0.116. The third-order valence-corrected chi connectivity index (χ3v) is 2.93. The van der Waals surface area contributed by atoms with Crippen LogP contribution in [0.25, 0.3) is 0 Å². The Morgan fingerprint density at radius 3 is 2.50 bits per heavy atom. The van der Waals surface area contributed by atoms with Crippen molar-refractivity contribution in [1.82, 2.24) is 9.97 Å². The molecular formula is C15H16F2N2O. The van der Waals surface area contributed by atoms with E-state index in [1.54, 1.807) is 0 Å². The van der Waals surface area contributed by atoms with E-state index in [9.17, 15) is 13.6 Å². The Morgan fingerprint density at radius 1 is 1.20 bits per heavy atom. The molecule has 0 radical (unpaired) electrons. The highest BCUT2D eigenvalue weighted by atomic mass is 19.1. The highest BCUT2D eigenvalue weighted by Gasteiger charge is 2.17. The van der Waals surface area contributed by atoms with Gasteiger partial charge in [-0.25, -0.2) is 13.8 Å². The van der Waals surface area contributed by atoms with Crippen molar-refractivity contribution in [2.24, 2.45) is 0 Å². The second kappa shape index (κ2) is 5.15. The molecule has 0 bridgehead atoms. The van der Waals surface area contributed by atoms with Gasteiger partial charge in [-0.05, 0) is 11.6 Å². The molecule has 1 heterocycles. The maximum atomic E-state index is 13.6. The molecule has 0 saturated heterocycles. The summed E-state index contributed by atoms with van der Waals surface area (Å²) in [6, 6.07) is 4.80. The number of hydrogen-bond acceptors (Lipinski definition) is 2. The number of aromatic nitrogens is 2. The number of hydrogen-bond donors (Lipinski definition) is 1. The summed E-state index contributed by atoms with van der Waals surface area (Å²) in [6.45, 7) is 5.82. The van der Waals surface area contributed by atoms with Crippen molar-refractivity contribution in [3.8, 4) is 0 Å². The highest BCUT2D eigenvalue weighted by molar-refractivity contribution is 5.23. The lowest BCUT2D eigenvalue weighted by atomic mass is 9.92. The van der Waals surface area contributed by atoms with Gasteiger partial charge >= 0.3 is 0 Å². The van der Waals surface area contributed by atoms with Crippen molar-refractivity contribution in [1.29, 1.82) is 0 Å².